The predicted octanol–water partition coefficient (Wildman–Crippen LogP) is 5.78. The average molecular weight is 643 g/mol. The van der Waals surface area contributed by atoms with Gasteiger partial charge in [-0.3, -0.25) is 4.79 Å². The van der Waals surface area contributed by atoms with Crippen molar-refractivity contribution >= 4 is 23.5 Å². The van der Waals surface area contributed by atoms with Gasteiger partial charge in [-0.05, 0) is 117 Å². The largest absolute Gasteiger partial charge is 0.464 e. The van der Waals surface area contributed by atoms with Crippen molar-refractivity contribution in [2.75, 3.05) is 32.8 Å². The van der Waals surface area contributed by atoms with Gasteiger partial charge in [0, 0.05) is 48.1 Å². The molecule has 3 aliphatic heterocycles. The van der Waals surface area contributed by atoms with Gasteiger partial charge in [0.1, 0.15) is 0 Å². The lowest BCUT2D eigenvalue weighted by molar-refractivity contribution is -0.149. The van der Waals surface area contributed by atoms with E-state index < -0.39 is 12.0 Å². The number of benzene rings is 2. The third-order valence-corrected chi connectivity index (χ3v) is 12.1. The molecule has 2 unspecified atom stereocenters. The van der Waals surface area contributed by atoms with E-state index in [1.807, 2.05) is 12.1 Å². The zero-order chi connectivity index (χ0) is 31.6. The molecule has 2 aromatic carbocycles. The fourth-order valence-corrected chi connectivity index (χ4v) is 9.56. The smallest absolute Gasteiger partial charge is 0.335 e. The molecule has 8 nitrogen and oxygen atoms in total. The van der Waals surface area contributed by atoms with Crippen LogP contribution in [0.2, 0.25) is 5.02 Å². The Morgan fingerprint density at radius 3 is 2.63 bits per heavy atom. The number of imidazole rings is 1. The summed E-state index contributed by atoms with van der Waals surface area (Å²) in [6, 6.07) is 11.9. The first kappa shape index (κ1) is 30.2. The Morgan fingerprint density at radius 2 is 1.89 bits per heavy atom. The van der Waals surface area contributed by atoms with Crippen LogP contribution in [0.5, 0.6) is 0 Å². The number of carbonyl (C=O) groups excluding carboxylic acids is 2. The van der Waals surface area contributed by atoms with Gasteiger partial charge in [0.2, 0.25) is 0 Å². The summed E-state index contributed by atoms with van der Waals surface area (Å²) < 4.78 is 7.53. The van der Waals surface area contributed by atoms with Crippen LogP contribution in [0.25, 0.3) is 11.1 Å². The highest BCUT2D eigenvalue weighted by Crippen LogP contribution is 2.62. The monoisotopic (exact) mass is 642 g/mol. The molecule has 1 saturated heterocycles. The average Bonchev–Trinajstić information content (AvgIpc) is 3.87. The number of piperidine rings is 1. The molecule has 3 aliphatic carbocycles. The van der Waals surface area contributed by atoms with Crippen molar-refractivity contribution in [3.63, 3.8) is 0 Å². The standard InChI is InChI=1S/C37H43ClN4O4/c1-2-46-36(45)34(33-32-4-3-11-41(32)22-39-33)42-20-30-29(35(42)44)14-25(15-31(30)38)24-5-7-28(8-6-24)37-16-26(17-37)27(18-37)19-40-12-9-23(21-43)10-13-40/h5-8,14-15,22-23,26-27,34,43H,2-4,9-13,16-21H2,1H3. The van der Waals surface area contributed by atoms with Crippen molar-refractivity contribution in [2.45, 2.75) is 76.4 Å². The van der Waals surface area contributed by atoms with E-state index in [2.05, 4.69) is 38.7 Å². The van der Waals surface area contributed by atoms with Gasteiger partial charge in [-0.15, -0.1) is 0 Å². The Bertz CT molecular complexity index is 1650. The highest BCUT2D eigenvalue weighted by atomic mass is 35.5. The van der Waals surface area contributed by atoms with Crippen LogP contribution in [0, 0.1) is 17.8 Å². The molecule has 9 rings (SSSR count). The molecular weight excluding hydrogens is 600 g/mol. The first-order valence-electron chi connectivity index (χ1n) is 17.2. The molecule has 3 aromatic rings. The second kappa shape index (κ2) is 11.8. The van der Waals surface area contributed by atoms with Crippen LogP contribution < -0.4 is 0 Å². The van der Waals surface area contributed by atoms with E-state index in [4.69, 9.17) is 16.3 Å². The van der Waals surface area contributed by atoms with Gasteiger partial charge in [0.05, 0.1) is 18.6 Å². The van der Waals surface area contributed by atoms with Crippen LogP contribution in [-0.2, 0) is 34.5 Å². The van der Waals surface area contributed by atoms with Crippen LogP contribution in [0.4, 0.5) is 0 Å². The maximum Gasteiger partial charge on any atom is 0.335 e. The number of amides is 1. The van der Waals surface area contributed by atoms with Crippen LogP contribution in [0.15, 0.2) is 42.7 Å². The van der Waals surface area contributed by atoms with E-state index in [0.717, 1.165) is 79.5 Å². The molecule has 242 valence electrons. The fraction of sp³-hybridized carbons (Fsp3) is 0.541. The summed E-state index contributed by atoms with van der Waals surface area (Å²) in [4.78, 5) is 36.1. The summed E-state index contributed by atoms with van der Waals surface area (Å²) in [5, 5.41) is 10.0. The summed E-state index contributed by atoms with van der Waals surface area (Å²) in [5.41, 5.74) is 6.55. The number of fused-ring (bicyclic) bond motifs is 3. The molecule has 1 amide bonds. The molecule has 9 heteroatoms. The molecule has 4 heterocycles. The number of ether oxygens (including phenoxy) is 1. The highest BCUT2D eigenvalue weighted by molar-refractivity contribution is 6.32. The van der Waals surface area contributed by atoms with Crippen molar-refractivity contribution in [2.24, 2.45) is 17.8 Å². The number of nitrogens with zero attached hydrogens (tertiary/aromatic N) is 4. The summed E-state index contributed by atoms with van der Waals surface area (Å²) in [6.45, 7) is 6.88. The predicted molar refractivity (Wildman–Crippen MR) is 175 cm³/mol. The highest BCUT2D eigenvalue weighted by Gasteiger charge is 2.56. The lowest BCUT2D eigenvalue weighted by Gasteiger charge is -2.39. The molecule has 46 heavy (non-hydrogen) atoms. The molecule has 6 aliphatic rings. The van der Waals surface area contributed by atoms with Crippen molar-refractivity contribution in [3.05, 3.63) is 75.8 Å². The molecular formula is C37H43ClN4O4. The number of hydrogen-bond acceptors (Lipinski definition) is 6. The lowest BCUT2D eigenvalue weighted by Crippen LogP contribution is -2.38. The summed E-state index contributed by atoms with van der Waals surface area (Å²) in [7, 11) is 0. The van der Waals surface area contributed by atoms with E-state index in [-0.39, 0.29) is 19.1 Å². The van der Waals surface area contributed by atoms with Crippen molar-refractivity contribution < 1.29 is 19.4 Å². The van der Waals surface area contributed by atoms with E-state index in [1.54, 1.807) is 18.2 Å². The number of hydrogen-bond donors (Lipinski definition) is 1. The van der Waals surface area contributed by atoms with Gasteiger partial charge >= 0.3 is 5.97 Å². The van der Waals surface area contributed by atoms with Crippen molar-refractivity contribution in [1.82, 2.24) is 19.4 Å². The Morgan fingerprint density at radius 1 is 1.11 bits per heavy atom. The summed E-state index contributed by atoms with van der Waals surface area (Å²) in [6.07, 6.45) is 9.65. The number of aryl methyl sites for hydroxylation is 1. The first-order valence-corrected chi connectivity index (χ1v) is 17.5. The van der Waals surface area contributed by atoms with Gasteiger partial charge in [-0.25, -0.2) is 9.78 Å². The van der Waals surface area contributed by atoms with E-state index in [0.29, 0.717) is 34.2 Å². The lowest BCUT2D eigenvalue weighted by atomic mass is 9.65. The second-order valence-corrected chi connectivity index (χ2v) is 14.8. The minimum absolute atomic E-state index is 0.217. The van der Waals surface area contributed by atoms with Gasteiger partial charge in [0.25, 0.3) is 5.91 Å². The first-order chi connectivity index (χ1) is 22.4. The molecule has 2 atom stereocenters. The van der Waals surface area contributed by atoms with Gasteiger partial charge < -0.3 is 24.2 Å². The molecule has 0 spiro atoms. The van der Waals surface area contributed by atoms with Crippen LogP contribution in [0.1, 0.15) is 84.4 Å². The maximum absolute atomic E-state index is 14.0. The Kier molecular flexibility index (Phi) is 7.73. The molecule has 1 N–H and O–H groups in total. The maximum atomic E-state index is 14.0. The minimum atomic E-state index is -0.902. The Balaban J connectivity index is 0.994. The number of halogens is 1. The normalized spacial score (nSPS) is 26.2. The number of aliphatic hydroxyl groups excluding tert-OH is 1. The topological polar surface area (TPSA) is 87.9 Å². The SMILES string of the molecule is CCOC(=O)C(c1ncn2c1CCC2)N1Cc2c(Cl)cc(-c3ccc(C45CC(CN6CCC(CO)CC6)C(C4)C5)cc3)cc2C1=O. The number of aliphatic hydroxyl groups is 1. The van der Waals surface area contributed by atoms with Gasteiger partial charge in [-0.2, -0.15) is 0 Å². The van der Waals surface area contributed by atoms with Crippen LogP contribution >= 0.6 is 11.6 Å². The number of esters is 1. The zero-order valence-electron chi connectivity index (χ0n) is 26.6. The van der Waals surface area contributed by atoms with Gasteiger partial charge in [0.15, 0.2) is 6.04 Å². The van der Waals surface area contributed by atoms with Crippen LogP contribution in [0.3, 0.4) is 0 Å². The number of aromatic nitrogens is 2. The third-order valence-electron chi connectivity index (χ3n) is 11.8. The van der Waals surface area contributed by atoms with E-state index >= 15 is 0 Å². The molecule has 3 saturated carbocycles. The van der Waals surface area contributed by atoms with Crippen molar-refractivity contribution in [3.8, 4) is 11.1 Å². The molecule has 2 bridgehead atoms. The van der Waals surface area contributed by atoms with Crippen LogP contribution in [-0.4, -0.2) is 69.2 Å². The van der Waals surface area contributed by atoms with E-state index in [9.17, 15) is 14.7 Å². The van der Waals surface area contributed by atoms with E-state index in [1.165, 1.54) is 31.4 Å². The van der Waals surface area contributed by atoms with Gasteiger partial charge in [-0.1, -0.05) is 35.9 Å². The molecule has 0 radical (unpaired) electrons. The zero-order valence-corrected chi connectivity index (χ0v) is 27.3. The fourth-order valence-electron chi connectivity index (χ4n) is 9.28. The third kappa shape index (κ3) is 4.99. The molecule has 4 fully saturated rings. The minimum Gasteiger partial charge on any atom is -0.464 e. The molecule has 1 aromatic heterocycles. The Hall–Kier alpha value is -3.20. The second-order valence-electron chi connectivity index (χ2n) is 14.4. The Labute approximate surface area is 275 Å². The summed E-state index contributed by atoms with van der Waals surface area (Å²) >= 11 is 6.86. The summed E-state index contributed by atoms with van der Waals surface area (Å²) in [5.74, 6) is 1.39. The number of carbonyl (C=O) groups is 2. The quantitative estimate of drug-likeness (QED) is 0.298. The number of rotatable bonds is 9. The number of likely N-dealkylation sites (tertiary alicyclic amines) is 1. The van der Waals surface area contributed by atoms with Crippen molar-refractivity contribution in [1.29, 1.82) is 0 Å².